The largest absolute Gasteiger partial charge is 0.262 e. The summed E-state index contributed by atoms with van der Waals surface area (Å²) in [5.74, 6) is 1.09. The van der Waals surface area contributed by atoms with E-state index in [9.17, 15) is 0 Å². The third kappa shape index (κ3) is 2.03. The van der Waals surface area contributed by atoms with Gasteiger partial charge in [-0.25, -0.2) is 0 Å². The highest BCUT2D eigenvalue weighted by Gasteiger charge is 1.90. The van der Waals surface area contributed by atoms with Crippen LogP contribution in [0.5, 0.6) is 0 Å². The number of rotatable bonds is 2. The SMILES string of the molecule is CSCc1ccnc(C)c1. The van der Waals surface area contributed by atoms with Crippen LogP contribution >= 0.6 is 11.8 Å². The van der Waals surface area contributed by atoms with Crippen molar-refractivity contribution < 1.29 is 0 Å². The Morgan fingerprint density at radius 2 is 2.40 bits per heavy atom. The summed E-state index contributed by atoms with van der Waals surface area (Å²) < 4.78 is 0. The summed E-state index contributed by atoms with van der Waals surface area (Å²) in [4.78, 5) is 4.11. The molecule has 0 saturated carbocycles. The number of hydrogen-bond acceptors (Lipinski definition) is 2. The van der Waals surface area contributed by atoms with E-state index in [1.54, 1.807) is 0 Å². The van der Waals surface area contributed by atoms with Crippen molar-refractivity contribution >= 4 is 11.8 Å². The molecule has 0 aliphatic carbocycles. The summed E-state index contributed by atoms with van der Waals surface area (Å²) in [7, 11) is 0. The molecule has 2 heteroatoms. The molecule has 0 atom stereocenters. The van der Waals surface area contributed by atoms with Gasteiger partial charge >= 0.3 is 0 Å². The first-order chi connectivity index (χ1) is 4.83. The van der Waals surface area contributed by atoms with Crippen LogP contribution < -0.4 is 0 Å². The van der Waals surface area contributed by atoms with E-state index < -0.39 is 0 Å². The summed E-state index contributed by atoms with van der Waals surface area (Å²) in [6, 6.07) is 4.18. The van der Waals surface area contributed by atoms with E-state index in [4.69, 9.17) is 0 Å². The number of aryl methyl sites for hydroxylation is 1. The summed E-state index contributed by atoms with van der Waals surface area (Å²) >= 11 is 1.84. The first-order valence-corrected chi connectivity index (χ1v) is 4.63. The molecule has 54 valence electrons. The Hall–Kier alpha value is -0.500. The van der Waals surface area contributed by atoms with E-state index in [2.05, 4.69) is 23.4 Å². The Labute approximate surface area is 65.9 Å². The molecule has 0 aliphatic heterocycles. The highest BCUT2D eigenvalue weighted by molar-refractivity contribution is 7.97. The lowest BCUT2D eigenvalue weighted by Gasteiger charge is -1.97. The van der Waals surface area contributed by atoms with Crippen LogP contribution in [0.1, 0.15) is 11.3 Å². The number of hydrogen-bond donors (Lipinski definition) is 0. The van der Waals surface area contributed by atoms with Crippen LogP contribution in [0, 0.1) is 6.92 Å². The van der Waals surface area contributed by atoms with Crippen molar-refractivity contribution in [3.05, 3.63) is 29.6 Å². The molecule has 0 amide bonds. The maximum atomic E-state index is 4.11. The molecule has 0 bridgehead atoms. The molecule has 1 aromatic heterocycles. The summed E-state index contributed by atoms with van der Waals surface area (Å²) in [5.41, 5.74) is 2.46. The van der Waals surface area contributed by atoms with Crippen molar-refractivity contribution in [2.75, 3.05) is 6.26 Å². The second-order valence-corrected chi connectivity index (χ2v) is 3.10. The van der Waals surface area contributed by atoms with Crippen molar-refractivity contribution in [2.45, 2.75) is 12.7 Å². The fourth-order valence-corrected chi connectivity index (χ4v) is 1.37. The van der Waals surface area contributed by atoms with E-state index in [0.29, 0.717) is 0 Å². The zero-order valence-corrected chi connectivity index (χ0v) is 7.11. The Kier molecular flexibility index (Phi) is 2.75. The van der Waals surface area contributed by atoms with Crippen molar-refractivity contribution in [1.29, 1.82) is 0 Å². The maximum absolute atomic E-state index is 4.11. The average Bonchev–Trinajstić information content (AvgIpc) is 1.88. The second-order valence-electron chi connectivity index (χ2n) is 2.24. The fraction of sp³-hybridized carbons (Fsp3) is 0.375. The van der Waals surface area contributed by atoms with E-state index >= 15 is 0 Å². The molecule has 1 aromatic rings. The Morgan fingerprint density at radius 3 is 3.00 bits per heavy atom. The molecule has 0 N–H and O–H groups in total. The van der Waals surface area contributed by atoms with Gasteiger partial charge in [0.2, 0.25) is 0 Å². The van der Waals surface area contributed by atoms with Gasteiger partial charge in [-0.2, -0.15) is 11.8 Å². The molecule has 0 saturated heterocycles. The predicted molar refractivity (Wildman–Crippen MR) is 46.2 cm³/mol. The van der Waals surface area contributed by atoms with Crippen molar-refractivity contribution in [2.24, 2.45) is 0 Å². The molecule has 0 radical (unpaired) electrons. The normalized spacial score (nSPS) is 9.80. The van der Waals surface area contributed by atoms with Gasteiger partial charge in [0, 0.05) is 17.6 Å². The van der Waals surface area contributed by atoms with Crippen LogP contribution in [0.25, 0.3) is 0 Å². The summed E-state index contributed by atoms with van der Waals surface area (Å²) in [6.07, 6.45) is 3.97. The molecule has 0 fully saturated rings. The smallest absolute Gasteiger partial charge is 0.0375 e. The van der Waals surface area contributed by atoms with E-state index in [1.165, 1.54) is 5.56 Å². The zero-order valence-electron chi connectivity index (χ0n) is 6.29. The molecule has 0 spiro atoms. The highest BCUT2D eigenvalue weighted by atomic mass is 32.2. The number of aromatic nitrogens is 1. The topological polar surface area (TPSA) is 12.9 Å². The van der Waals surface area contributed by atoms with E-state index in [0.717, 1.165) is 11.4 Å². The van der Waals surface area contributed by atoms with Gasteiger partial charge in [-0.15, -0.1) is 0 Å². The van der Waals surface area contributed by atoms with Gasteiger partial charge in [0.1, 0.15) is 0 Å². The Morgan fingerprint density at radius 1 is 1.60 bits per heavy atom. The van der Waals surface area contributed by atoms with Crippen LogP contribution in [-0.2, 0) is 5.75 Å². The Bertz CT molecular complexity index is 210. The molecule has 0 aromatic carbocycles. The Balaban J connectivity index is 2.75. The third-order valence-corrected chi connectivity index (χ3v) is 1.89. The number of nitrogens with zero attached hydrogens (tertiary/aromatic N) is 1. The quantitative estimate of drug-likeness (QED) is 0.646. The molecular weight excluding hydrogens is 142 g/mol. The minimum Gasteiger partial charge on any atom is -0.262 e. The number of pyridine rings is 1. The molecule has 1 nitrogen and oxygen atoms in total. The molecule has 0 unspecified atom stereocenters. The summed E-state index contributed by atoms with van der Waals surface area (Å²) in [5, 5.41) is 0. The van der Waals surface area contributed by atoms with Gasteiger partial charge < -0.3 is 0 Å². The van der Waals surface area contributed by atoms with Gasteiger partial charge in [-0.05, 0) is 30.9 Å². The summed E-state index contributed by atoms with van der Waals surface area (Å²) in [6.45, 7) is 2.02. The van der Waals surface area contributed by atoms with Crippen LogP contribution in [0.15, 0.2) is 18.3 Å². The average molecular weight is 153 g/mol. The second kappa shape index (κ2) is 3.62. The van der Waals surface area contributed by atoms with Gasteiger partial charge in [0.25, 0.3) is 0 Å². The lowest BCUT2D eigenvalue weighted by molar-refractivity contribution is 1.17. The maximum Gasteiger partial charge on any atom is 0.0375 e. The third-order valence-electron chi connectivity index (χ3n) is 1.27. The van der Waals surface area contributed by atoms with Crippen molar-refractivity contribution in [3.63, 3.8) is 0 Å². The molecule has 1 rings (SSSR count). The highest BCUT2D eigenvalue weighted by Crippen LogP contribution is 2.08. The first-order valence-electron chi connectivity index (χ1n) is 3.23. The fourth-order valence-electron chi connectivity index (χ4n) is 0.861. The molecule has 0 aliphatic rings. The zero-order chi connectivity index (χ0) is 7.40. The van der Waals surface area contributed by atoms with Gasteiger partial charge in [-0.3, -0.25) is 4.98 Å². The van der Waals surface area contributed by atoms with Crippen molar-refractivity contribution in [3.8, 4) is 0 Å². The first kappa shape index (κ1) is 7.61. The molecule has 1 heterocycles. The minimum absolute atomic E-state index is 1.09. The van der Waals surface area contributed by atoms with Crippen LogP contribution in [0.4, 0.5) is 0 Å². The molecular formula is C8H11NS. The predicted octanol–water partition coefficient (Wildman–Crippen LogP) is 2.25. The lowest BCUT2D eigenvalue weighted by Crippen LogP contribution is -1.83. The number of thioether (sulfide) groups is 1. The van der Waals surface area contributed by atoms with Gasteiger partial charge in [0.15, 0.2) is 0 Å². The van der Waals surface area contributed by atoms with Gasteiger partial charge in [0.05, 0.1) is 0 Å². The van der Waals surface area contributed by atoms with Crippen LogP contribution in [0.3, 0.4) is 0 Å². The monoisotopic (exact) mass is 153 g/mol. The standard InChI is InChI=1S/C8H11NS/c1-7-5-8(6-10-2)3-4-9-7/h3-5H,6H2,1-2H3. The van der Waals surface area contributed by atoms with Crippen LogP contribution in [0.2, 0.25) is 0 Å². The van der Waals surface area contributed by atoms with Gasteiger partial charge in [-0.1, -0.05) is 0 Å². The van der Waals surface area contributed by atoms with Crippen molar-refractivity contribution in [1.82, 2.24) is 4.98 Å². The van der Waals surface area contributed by atoms with Crippen LogP contribution in [-0.4, -0.2) is 11.2 Å². The molecule has 10 heavy (non-hydrogen) atoms. The lowest BCUT2D eigenvalue weighted by atomic mass is 10.2. The van der Waals surface area contributed by atoms with E-state index in [-0.39, 0.29) is 0 Å². The minimum atomic E-state index is 1.09. The van der Waals surface area contributed by atoms with E-state index in [1.807, 2.05) is 24.9 Å².